The average Bonchev–Trinajstić information content (AvgIpc) is 0.666. The van der Waals surface area contributed by atoms with Gasteiger partial charge >= 0.3 is 29.8 Å². The van der Waals surface area contributed by atoms with Gasteiger partial charge in [-0.15, -0.1) is 11.8 Å². The molecule has 136 heavy (non-hydrogen) atoms. The number of hydrogen-bond donors (Lipinski definition) is 12. The molecule has 3 aliphatic carbocycles. The standard InChI is InChI=1S/C95H132N10O28S3/c1-58(2)99-34-22-21-31-69(104-89(118)71(103-76(111)51-96)55-135-53-67-30-20-19-29-66(67)52-134-48-33-68(85(97)114)101-60(4)106)88(117)100-35-37-123-39-41-125-43-45-127-47-46-126-44-42-124-40-38-122-36-32-75(110)102-70(86(98)115)54-136-56-77(112)131-81(79(63-23-13-10-14-24-63)105-87(116)64-25-15-11-16-26-64)91(120)130-72-50-95(121)84(132-90(119)65-27-17-12-18-28-65)82-93(9,73(109)49-74-94(82,57-128-74)133-62(6)108)83(113)80(129-61(5)107)78(59(72)3)92(95,7)8/h10-20,23-30,58,68-74,79-82,84,99,109,121H,21-22,31-57,96H2,1-9H3,(H2,97,114)(H2,98,115)(H,100,117)(H,101,106)(H,102,110)(H,103,111)(H,104,118)(H,105,116)/t68?,69?,70?,71?,72-,73-,74+,79-,80+,81+,82-,84-,93+,94-,95+/m0/s1. The molecule has 4 unspecified atom stereocenters. The van der Waals surface area contributed by atoms with Crippen molar-refractivity contribution in [2.45, 2.75) is 203 Å². The van der Waals surface area contributed by atoms with Crippen LogP contribution in [0.4, 0.5) is 0 Å². The number of thioether (sulfide) groups is 3. The molecule has 0 radical (unpaired) electrons. The van der Waals surface area contributed by atoms with Crippen molar-refractivity contribution >= 4 is 118 Å². The quantitative estimate of drug-likeness (QED) is 0.0131. The fourth-order valence-corrected chi connectivity index (χ4v) is 19.8. The highest BCUT2D eigenvalue weighted by Gasteiger charge is 2.78. The van der Waals surface area contributed by atoms with Crippen LogP contribution in [0.2, 0.25) is 0 Å². The lowest BCUT2D eigenvalue weighted by molar-refractivity contribution is -0.346. The Hall–Kier alpha value is -9.99. The second-order valence-corrected chi connectivity index (χ2v) is 37.5. The molecule has 4 aromatic carbocycles. The number of carbonyl (C=O) groups is 14. The molecule has 1 heterocycles. The number of fused-ring (bicyclic) bond motifs is 5. The van der Waals surface area contributed by atoms with E-state index in [1.807, 2.05) is 38.1 Å². The molecule has 38 nitrogen and oxygen atoms in total. The molecule has 8 amide bonds. The zero-order valence-electron chi connectivity index (χ0n) is 78.4. The number of amides is 8. The Morgan fingerprint density at radius 3 is 1.68 bits per heavy atom. The summed E-state index contributed by atoms with van der Waals surface area (Å²) in [5.41, 5.74) is 10.7. The molecule has 748 valence electrons. The van der Waals surface area contributed by atoms with Crippen LogP contribution in [0, 0.1) is 16.7 Å². The number of hydrogen-bond acceptors (Lipinski definition) is 33. The normalized spacial score (nSPS) is 21.6. The summed E-state index contributed by atoms with van der Waals surface area (Å²) in [6, 6.07) is 26.0. The number of nitrogens with one attached hydrogen (secondary N) is 7. The first-order valence-corrected chi connectivity index (χ1v) is 48.9. The number of aliphatic hydroxyl groups excluding tert-OH is 1. The predicted octanol–water partition coefficient (Wildman–Crippen LogP) is 3.24. The summed E-state index contributed by atoms with van der Waals surface area (Å²) in [6.45, 7) is 16.0. The largest absolute Gasteiger partial charge is 0.455 e. The number of unbranched alkanes of at least 4 members (excludes halogenated alkanes) is 1. The first-order valence-electron chi connectivity index (χ1n) is 45.4. The highest BCUT2D eigenvalue weighted by Crippen LogP contribution is 2.65. The smallest absolute Gasteiger partial charge is 0.350 e. The first-order chi connectivity index (χ1) is 65.0. The van der Waals surface area contributed by atoms with Crippen molar-refractivity contribution in [2.75, 3.05) is 129 Å². The number of Topliss-reactive ketones (excluding diaryl/α,β-unsaturated/α-hetero) is 1. The van der Waals surface area contributed by atoms with Crippen molar-refractivity contribution in [2.24, 2.45) is 33.9 Å². The summed E-state index contributed by atoms with van der Waals surface area (Å²) in [5, 5.41) is 46.3. The summed E-state index contributed by atoms with van der Waals surface area (Å²) in [6.07, 6.45) is -9.66. The van der Waals surface area contributed by atoms with E-state index in [1.165, 1.54) is 70.6 Å². The Morgan fingerprint density at radius 2 is 1.13 bits per heavy atom. The Morgan fingerprint density at radius 1 is 0.581 bits per heavy atom. The molecule has 4 aliphatic rings. The lowest BCUT2D eigenvalue weighted by atomic mass is 9.44. The van der Waals surface area contributed by atoms with Gasteiger partial charge in [-0.2, -0.15) is 23.5 Å². The second-order valence-electron chi connectivity index (χ2n) is 34.3. The van der Waals surface area contributed by atoms with Gasteiger partial charge in [0.15, 0.2) is 17.5 Å². The molecule has 41 heteroatoms. The molecule has 1 saturated heterocycles. The van der Waals surface area contributed by atoms with Gasteiger partial charge in [0.05, 0.1) is 121 Å². The van der Waals surface area contributed by atoms with Crippen molar-refractivity contribution in [1.82, 2.24) is 37.2 Å². The number of ether oxygens (including phenoxy) is 12. The molecule has 8 rings (SSSR count). The van der Waals surface area contributed by atoms with Gasteiger partial charge in [-0.05, 0) is 104 Å². The minimum absolute atomic E-state index is 0.00798. The van der Waals surface area contributed by atoms with Gasteiger partial charge in [-0.1, -0.05) is 119 Å². The fraction of sp³-hybridized carbons (Fsp3) is 0.579. The van der Waals surface area contributed by atoms with Crippen LogP contribution in [0.15, 0.2) is 126 Å². The van der Waals surface area contributed by atoms with Crippen molar-refractivity contribution in [3.63, 3.8) is 0 Å². The van der Waals surface area contributed by atoms with Crippen LogP contribution in [0.3, 0.4) is 0 Å². The minimum atomic E-state index is -2.57. The van der Waals surface area contributed by atoms with Gasteiger partial charge in [0.25, 0.3) is 5.91 Å². The van der Waals surface area contributed by atoms with Crippen molar-refractivity contribution in [1.29, 1.82) is 0 Å². The number of nitrogens with two attached hydrogens (primary N) is 3. The Labute approximate surface area is 804 Å². The number of aliphatic hydroxyl groups is 2. The summed E-state index contributed by atoms with van der Waals surface area (Å²) >= 11 is 3.82. The van der Waals surface area contributed by atoms with Crippen LogP contribution in [0.5, 0.6) is 0 Å². The van der Waals surface area contributed by atoms with Crippen LogP contribution < -0.4 is 54.4 Å². The summed E-state index contributed by atoms with van der Waals surface area (Å²) < 4.78 is 70.9. The third-order valence-electron chi connectivity index (χ3n) is 23.9. The molecule has 2 saturated carbocycles. The van der Waals surface area contributed by atoms with Crippen LogP contribution in [-0.4, -0.2) is 300 Å². The Balaban J connectivity index is 0.759. The van der Waals surface area contributed by atoms with E-state index in [0.29, 0.717) is 36.5 Å². The maximum Gasteiger partial charge on any atom is 0.350 e. The highest BCUT2D eigenvalue weighted by molar-refractivity contribution is 8.00. The molecule has 4 aromatic rings. The van der Waals surface area contributed by atoms with Crippen molar-refractivity contribution < 1.29 is 134 Å². The minimum Gasteiger partial charge on any atom is -0.455 e. The maximum atomic E-state index is 16.0. The fourth-order valence-electron chi connectivity index (χ4n) is 16.8. The van der Waals surface area contributed by atoms with Gasteiger partial charge in [0, 0.05) is 86.6 Å². The zero-order chi connectivity index (χ0) is 99.1. The average molecular weight is 1960 g/mol. The van der Waals surface area contributed by atoms with E-state index < -0.39 is 191 Å². The molecule has 3 fully saturated rings. The van der Waals surface area contributed by atoms with Gasteiger partial charge < -0.3 is 121 Å². The van der Waals surface area contributed by atoms with E-state index in [4.69, 9.17) is 74.0 Å². The molecule has 0 aromatic heterocycles. The molecule has 1 aliphatic heterocycles. The molecular weight excluding hydrogens is 1830 g/mol. The molecule has 15 N–H and O–H groups in total. The van der Waals surface area contributed by atoms with E-state index in [9.17, 15) is 67.7 Å². The number of esters is 5. The van der Waals surface area contributed by atoms with E-state index >= 15 is 9.59 Å². The lowest BCUT2D eigenvalue weighted by Crippen LogP contribution is -2.82. The van der Waals surface area contributed by atoms with Crippen LogP contribution in [0.25, 0.3) is 0 Å². The first kappa shape index (κ1) is 111. The van der Waals surface area contributed by atoms with E-state index in [2.05, 4.69) is 37.2 Å². The van der Waals surface area contributed by atoms with Gasteiger partial charge in [0.2, 0.25) is 47.5 Å². The van der Waals surface area contributed by atoms with Crippen molar-refractivity contribution in [3.05, 3.63) is 154 Å². The number of rotatable bonds is 60. The number of ketones is 1. The van der Waals surface area contributed by atoms with E-state index in [-0.39, 0.29) is 157 Å². The van der Waals surface area contributed by atoms with Gasteiger partial charge in [-0.25, -0.2) is 9.59 Å². The maximum absolute atomic E-state index is 16.0. The third kappa shape index (κ3) is 32.3. The second kappa shape index (κ2) is 55.6. The summed E-state index contributed by atoms with van der Waals surface area (Å²) in [4.78, 5) is 191. The molecular formula is C95H132N10O28S3. The topological polar surface area (TPSA) is 552 Å². The zero-order valence-corrected chi connectivity index (χ0v) is 80.9. The van der Waals surface area contributed by atoms with E-state index in [0.717, 1.165) is 49.7 Å². The van der Waals surface area contributed by atoms with Gasteiger partial charge in [0.1, 0.15) is 54.1 Å². The SMILES string of the molecule is CC(=O)NC(CCSCc1ccccc1CSCC(NC(=O)CN)C(=O)NC(CCCCNC(C)C)C(=O)NCCOCCOCCOCCOCCOCCOCCC(=O)NC(CSCC(=O)O[C@@H](C(=O)O[C@H]1C[C@@]2(O)[C@@H](OC(=O)c3ccccc3)[C@@H]3[C@]4(OC(C)=O)CO[C@@H]4C[C@H](O)[C@@]3(C)C(=O)[C@H](OC(C)=O)C(=C1C)C2(C)C)[C@@H](NC(=O)c1ccccc1)c1ccccc1)C(N)=O)C(N)=O. The van der Waals surface area contributed by atoms with Crippen LogP contribution in [0.1, 0.15) is 151 Å². The Kier molecular flexibility index (Phi) is 45.5. The lowest BCUT2D eigenvalue weighted by Gasteiger charge is -2.67. The van der Waals surface area contributed by atoms with Crippen LogP contribution >= 0.6 is 35.3 Å². The molecule has 2 bridgehead atoms. The number of primary amides is 2. The van der Waals surface area contributed by atoms with Crippen molar-refractivity contribution in [3.8, 4) is 0 Å². The van der Waals surface area contributed by atoms with Crippen LogP contribution in [-0.2, 0) is 126 Å². The Bertz CT molecular complexity index is 4680. The third-order valence-corrected chi connectivity index (χ3v) is 27.0. The number of carbonyl (C=O) groups excluding carboxylic acids is 14. The summed E-state index contributed by atoms with van der Waals surface area (Å²) in [5.74, 6) is -11.6. The molecule has 0 spiro atoms. The van der Waals surface area contributed by atoms with E-state index in [1.54, 1.807) is 78.5 Å². The summed E-state index contributed by atoms with van der Waals surface area (Å²) in [7, 11) is 0. The molecule has 15 atom stereocenters. The predicted molar refractivity (Wildman–Crippen MR) is 503 cm³/mol. The highest BCUT2D eigenvalue weighted by atomic mass is 32.2. The number of benzene rings is 4. The van der Waals surface area contributed by atoms with Gasteiger partial charge in [-0.3, -0.25) is 57.5 Å². The monoisotopic (exact) mass is 1960 g/mol.